The lowest BCUT2D eigenvalue weighted by Gasteiger charge is -2.13. The van der Waals surface area contributed by atoms with Crippen LogP contribution in [-0.4, -0.2) is 15.9 Å². The zero-order chi connectivity index (χ0) is 14.8. The zero-order valence-electron chi connectivity index (χ0n) is 10.5. The maximum atomic E-state index is 12.6. The molecule has 0 fully saturated rings. The van der Waals surface area contributed by atoms with Crippen LogP contribution >= 0.6 is 0 Å². The summed E-state index contributed by atoms with van der Waals surface area (Å²) in [5.41, 5.74) is -0.212. The normalized spacial score (nSPS) is 13.0. The maximum absolute atomic E-state index is 12.6. The van der Waals surface area contributed by atoms with Crippen LogP contribution < -0.4 is 5.32 Å². The number of nitrogens with one attached hydrogen (secondary N) is 2. The van der Waals surface area contributed by atoms with Crippen molar-refractivity contribution < 1.29 is 18.0 Å². The molecule has 2 rings (SSSR count). The highest BCUT2D eigenvalue weighted by molar-refractivity contribution is 5.94. The molecule has 0 saturated carbocycles. The quantitative estimate of drug-likeness (QED) is 0.910. The van der Waals surface area contributed by atoms with Gasteiger partial charge in [-0.2, -0.15) is 13.2 Å². The minimum absolute atomic E-state index is 0.0359. The van der Waals surface area contributed by atoms with Gasteiger partial charge >= 0.3 is 6.18 Å². The number of rotatable bonds is 3. The molecule has 20 heavy (non-hydrogen) atoms. The van der Waals surface area contributed by atoms with Crippen LogP contribution in [0.25, 0.3) is 0 Å². The van der Waals surface area contributed by atoms with Gasteiger partial charge in [-0.15, -0.1) is 0 Å². The number of carbonyl (C=O) groups is 1. The minimum Gasteiger partial charge on any atom is -0.347 e. The van der Waals surface area contributed by atoms with E-state index >= 15 is 0 Å². The lowest BCUT2D eigenvalue weighted by molar-refractivity contribution is -0.137. The second-order valence-corrected chi connectivity index (χ2v) is 4.28. The van der Waals surface area contributed by atoms with Crippen LogP contribution in [0, 0.1) is 0 Å². The Labute approximate surface area is 113 Å². The van der Waals surface area contributed by atoms with Crippen molar-refractivity contribution in [1.29, 1.82) is 0 Å². The van der Waals surface area contributed by atoms with Gasteiger partial charge in [0.25, 0.3) is 5.91 Å². The van der Waals surface area contributed by atoms with E-state index in [1.165, 1.54) is 24.7 Å². The zero-order valence-corrected chi connectivity index (χ0v) is 10.5. The summed E-state index contributed by atoms with van der Waals surface area (Å²) >= 11 is 0. The summed E-state index contributed by atoms with van der Waals surface area (Å²) in [6.45, 7) is 1.71. The Morgan fingerprint density at radius 1 is 1.40 bits per heavy atom. The van der Waals surface area contributed by atoms with E-state index in [0.717, 1.165) is 12.1 Å². The number of halogens is 3. The highest BCUT2D eigenvalue weighted by Crippen LogP contribution is 2.29. The summed E-state index contributed by atoms with van der Waals surface area (Å²) in [6, 6.07) is 3.92. The van der Waals surface area contributed by atoms with Crippen molar-refractivity contribution in [1.82, 2.24) is 15.3 Å². The maximum Gasteiger partial charge on any atom is 0.416 e. The predicted octanol–water partition coefficient (Wildman–Crippen LogP) is 2.92. The third kappa shape index (κ3) is 3.17. The van der Waals surface area contributed by atoms with E-state index in [-0.39, 0.29) is 11.6 Å². The van der Waals surface area contributed by atoms with E-state index in [9.17, 15) is 18.0 Å². The molecule has 0 aliphatic heterocycles. The van der Waals surface area contributed by atoms with Gasteiger partial charge in [0, 0.05) is 5.56 Å². The fraction of sp³-hybridized carbons (Fsp3) is 0.231. The second-order valence-electron chi connectivity index (χ2n) is 4.28. The smallest absolute Gasteiger partial charge is 0.347 e. The Morgan fingerprint density at radius 2 is 2.15 bits per heavy atom. The average Bonchev–Trinajstić information content (AvgIpc) is 2.91. The molecule has 0 saturated heterocycles. The van der Waals surface area contributed by atoms with Crippen LogP contribution in [0.3, 0.4) is 0 Å². The Hall–Kier alpha value is -2.31. The first-order chi connectivity index (χ1) is 9.38. The molecule has 0 aliphatic carbocycles. The molecule has 0 bridgehead atoms. The lowest BCUT2D eigenvalue weighted by atomic mass is 10.1. The van der Waals surface area contributed by atoms with Crippen molar-refractivity contribution in [3.05, 3.63) is 53.6 Å². The van der Waals surface area contributed by atoms with Crippen molar-refractivity contribution in [2.75, 3.05) is 0 Å². The van der Waals surface area contributed by atoms with Gasteiger partial charge in [0.15, 0.2) is 0 Å². The Bertz CT molecular complexity index is 593. The van der Waals surface area contributed by atoms with E-state index in [2.05, 4.69) is 15.3 Å². The summed E-state index contributed by atoms with van der Waals surface area (Å²) in [6.07, 6.45) is -1.47. The van der Waals surface area contributed by atoms with Crippen LogP contribution in [0.1, 0.15) is 34.6 Å². The molecule has 0 spiro atoms. The van der Waals surface area contributed by atoms with Gasteiger partial charge < -0.3 is 10.3 Å². The Kier molecular flexibility index (Phi) is 3.78. The van der Waals surface area contributed by atoms with E-state index in [1.807, 2.05) is 0 Å². The van der Waals surface area contributed by atoms with Gasteiger partial charge in [0.05, 0.1) is 29.8 Å². The predicted molar refractivity (Wildman–Crippen MR) is 65.9 cm³/mol. The SMILES string of the molecule is CC(NC(=O)c1cccc(C(F)(F)F)c1)c1cnc[nH]1. The summed E-state index contributed by atoms with van der Waals surface area (Å²) in [4.78, 5) is 18.6. The third-order valence-corrected chi connectivity index (χ3v) is 2.79. The van der Waals surface area contributed by atoms with Gasteiger partial charge in [-0.3, -0.25) is 4.79 Å². The molecule has 2 N–H and O–H groups in total. The summed E-state index contributed by atoms with van der Waals surface area (Å²) in [7, 11) is 0. The molecule has 2 aromatic rings. The number of hydrogen-bond acceptors (Lipinski definition) is 2. The number of hydrogen-bond donors (Lipinski definition) is 2. The van der Waals surface area contributed by atoms with Crippen molar-refractivity contribution in [3.63, 3.8) is 0 Å². The first-order valence-electron chi connectivity index (χ1n) is 5.84. The highest BCUT2D eigenvalue weighted by atomic mass is 19.4. The Morgan fingerprint density at radius 3 is 2.75 bits per heavy atom. The van der Waals surface area contributed by atoms with E-state index in [4.69, 9.17) is 0 Å². The van der Waals surface area contributed by atoms with Crippen LogP contribution in [0.4, 0.5) is 13.2 Å². The summed E-state index contributed by atoms with van der Waals surface area (Å²) in [5.74, 6) is -0.571. The van der Waals surface area contributed by atoms with Gasteiger partial charge in [0.1, 0.15) is 0 Å². The van der Waals surface area contributed by atoms with Crippen molar-refractivity contribution in [2.24, 2.45) is 0 Å². The third-order valence-electron chi connectivity index (χ3n) is 2.79. The molecule has 1 amide bonds. The van der Waals surface area contributed by atoms with E-state index in [1.54, 1.807) is 6.92 Å². The molecule has 1 unspecified atom stereocenters. The number of alkyl halides is 3. The summed E-state index contributed by atoms with van der Waals surface area (Å²) in [5, 5.41) is 2.60. The van der Waals surface area contributed by atoms with E-state index < -0.39 is 17.6 Å². The van der Waals surface area contributed by atoms with Crippen LogP contribution in [0.15, 0.2) is 36.8 Å². The molecule has 0 aliphatic rings. The number of imidazole rings is 1. The average molecular weight is 283 g/mol. The number of carbonyl (C=O) groups excluding carboxylic acids is 1. The molecule has 1 aromatic carbocycles. The molecule has 1 heterocycles. The number of aromatic nitrogens is 2. The molecule has 106 valence electrons. The molecular weight excluding hydrogens is 271 g/mol. The first kappa shape index (κ1) is 14.1. The fourth-order valence-corrected chi connectivity index (χ4v) is 1.70. The van der Waals surface area contributed by atoms with Crippen LogP contribution in [0.5, 0.6) is 0 Å². The summed E-state index contributed by atoms with van der Waals surface area (Å²) < 4.78 is 37.7. The highest BCUT2D eigenvalue weighted by Gasteiger charge is 2.31. The van der Waals surface area contributed by atoms with Gasteiger partial charge in [0.2, 0.25) is 0 Å². The largest absolute Gasteiger partial charge is 0.416 e. The topological polar surface area (TPSA) is 57.8 Å². The number of H-pyrrole nitrogens is 1. The van der Waals surface area contributed by atoms with Gasteiger partial charge in [-0.1, -0.05) is 6.07 Å². The molecule has 1 aromatic heterocycles. The van der Waals surface area contributed by atoms with Gasteiger partial charge in [-0.25, -0.2) is 4.98 Å². The lowest BCUT2D eigenvalue weighted by Crippen LogP contribution is -2.27. The standard InChI is InChI=1S/C13H12F3N3O/c1-8(11-6-17-7-18-11)19-12(20)9-3-2-4-10(5-9)13(14,15)16/h2-8H,1H3,(H,17,18)(H,19,20). The van der Waals surface area contributed by atoms with Crippen molar-refractivity contribution in [3.8, 4) is 0 Å². The number of nitrogens with zero attached hydrogens (tertiary/aromatic N) is 1. The van der Waals surface area contributed by atoms with Crippen LogP contribution in [0.2, 0.25) is 0 Å². The molecule has 4 nitrogen and oxygen atoms in total. The number of aromatic amines is 1. The molecular formula is C13H12F3N3O. The van der Waals surface area contributed by atoms with Gasteiger partial charge in [-0.05, 0) is 25.1 Å². The Balaban J connectivity index is 2.14. The number of benzene rings is 1. The second kappa shape index (κ2) is 5.36. The molecule has 0 radical (unpaired) electrons. The van der Waals surface area contributed by atoms with Crippen molar-refractivity contribution in [2.45, 2.75) is 19.1 Å². The fourth-order valence-electron chi connectivity index (χ4n) is 1.70. The molecule has 7 heteroatoms. The van der Waals surface area contributed by atoms with E-state index in [0.29, 0.717) is 5.69 Å². The van der Waals surface area contributed by atoms with Crippen molar-refractivity contribution >= 4 is 5.91 Å². The first-order valence-corrected chi connectivity index (χ1v) is 5.84. The van der Waals surface area contributed by atoms with Crippen LogP contribution in [-0.2, 0) is 6.18 Å². The number of amides is 1. The molecule has 1 atom stereocenters. The monoisotopic (exact) mass is 283 g/mol. The minimum atomic E-state index is -4.47.